The van der Waals surface area contributed by atoms with Crippen LogP contribution >= 0.6 is 0 Å². The zero-order valence-electron chi connectivity index (χ0n) is 13.6. The summed E-state index contributed by atoms with van der Waals surface area (Å²) in [6.07, 6.45) is 19.1. The summed E-state index contributed by atoms with van der Waals surface area (Å²) >= 11 is 0. The molecule has 0 bridgehead atoms. The van der Waals surface area contributed by atoms with Crippen molar-refractivity contribution in [2.75, 3.05) is 6.61 Å². The van der Waals surface area contributed by atoms with Crippen LogP contribution in [-0.4, -0.2) is 11.7 Å². The molecule has 19 heavy (non-hydrogen) atoms. The second-order valence-corrected chi connectivity index (χ2v) is 6.30. The first-order chi connectivity index (χ1) is 9.31. The van der Waals surface area contributed by atoms with Crippen molar-refractivity contribution in [3.63, 3.8) is 0 Å². The largest absolute Gasteiger partial charge is 0.396 e. The van der Waals surface area contributed by atoms with Crippen molar-refractivity contribution in [2.24, 2.45) is 5.92 Å². The molecule has 0 aliphatic carbocycles. The second-order valence-electron chi connectivity index (χ2n) is 6.30. The first-order valence-electron chi connectivity index (χ1n) is 8.92. The van der Waals surface area contributed by atoms with Gasteiger partial charge in [-0.15, -0.1) is 0 Å². The Balaban J connectivity index is 3.09. The summed E-state index contributed by atoms with van der Waals surface area (Å²) in [5, 5.41) is 8.69. The van der Waals surface area contributed by atoms with Crippen molar-refractivity contribution in [3.8, 4) is 0 Å². The summed E-state index contributed by atoms with van der Waals surface area (Å²) in [5.41, 5.74) is 0. The van der Waals surface area contributed by atoms with Crippen molar-refractivity contribution < 1.29 is 5.11 Å². The molecule has 0 heterocycles. The number of rotatable bonds is 15. The highest BCUT2D eigenvalue weighted by Crippen LogP contribution is 2.18. The maximum Gasteiger partial charge on any atom is 0.0431 e. The standard InChI is InChI=1S/C18H38O/c1-3-4-5-9-12-15-18(2)16-13-10-7-6-8-11-14-17-19/h18-19H,3-17H2,1-2H3/t18-/m0/s1. The molecule has 0 aliphatic heterocycles. The molecule has 0 aromatic heterocycles. The fourth-order valence-electron chi connectivity index (χ4n) is 2.73. The molecule has 0 spiro atoms. The lowest BCUT2D eigenvalue weighted by Crippen LogP contribution is -1.95. The topological polar surface area (TPSA) is 20.2 Å². The van der Waals surface area contributed by atoms with Crippen molar-refractivity contribution in [1.82, 2.24) is 0 Å². The van der Waals surface area contributed by atoms with E-state index in [2.05, 4.69) is 13.8 Å². The number of aliphatic hydroxyl groups excluding tert-OH is 1. The Labute approximate surface area is 122 Å². The van der Waals surface area contributed by atoms with Gasteiger partial charge in [-0.3, -0.25) is 0 Å². The van der Waals surface area contributed by atoms with Gasteiger partial charge < -0.3 is 5.11 Å². The van der Waals surface area contributed by atoms with Gasteiger partial charge in [0.2, 0.25) is 0 Å². The van der Waals surface area contributed by atoms with Crippen molar-refractivity contribution in [1.29, 1.82) is 0 Å². The van der Waals surface area contributed by atoms with Crippen LogP contribution in [0.1, 0.15) is 104 Å². The molecular formula is C18H38O. The fourth-order valence-corrected chi connectivity index (χ4v) is 2.73. The predicted molar refractivity (Wildman–Crippen MR) is 86.6 cm³/mol. The van der Waals surface area contributed by atoms with Crippen LogP contribution in [0.2, 0.25) is 0 Å². The molecule has 0 fully saturated rings. The molecule has 0 radical (unpaired) electrons. The van der Waals surface area contributed by atoms with E-state index in [0.717, 1.165) is 12.3 Å². The normalized spacial score (nSPS) is 12.8. The van der Waals surface area contributed by atoms with E-state index in [1.54, 1.807) is 0 Å². The molecule has 0 rings (SSSR count). The van der Waals surface area contributed by atoms with Crippen LogP contribution in [0.25, 0.3) is 0 Å². The molecule has 116 valence electrons. The molecule has 1 atom stereocenters. The third kappa shape index (κ3) is 15.9. The minimum absolute atomic E-state index is 0.371. The summed E-state index contributed by atoms with van der Waals surface area (Å²) in [7, 11) is 0. The van der Waals surface area contributed by atoms with E-state index in [-0.39, 0.29) is 0 Å². The van der Waals surface area contributed by atoms with E-state index in [4.69, 9.17) is 5.11 Å². The second kappa shape index (κ2) is 16.0. The highest BCUT2D eigenvalue weighted by Gasteiger charge is 2.01. The van der Waals surface area contributed by atoms with Gasteiger partial charge in [-0.2, -0.15) is 0 Å². The molecule has 0 aromatic carbocycles. The van der Waals surface area contributed by atoms with Gasteiger partial charge in [-0.25, -0.2) is 0 Å². The molecule has 1 nitrogen and oxygen atoms in total. The number of unbranched alkanes of at least 4 members (excludes halogenated alkanes) is 10. The van der Waals surface area contributed by atoms with Gasteiger partial charge >= 0.3 is 0 Å². The fraction of sp³-hybridized carbons (Fsp3) is 1.00. The highest BCUT2D eigenvalue weighted by atomic mass is 16.2. The van der Waals surface area contributed by atoms with E-state index >= 15 is 0 Å². The van der Waals surface area contributed by atoms with E-state index in [9.17, 15) is 0 Å². The lowest BCUT2D eigenvalue weighted by atomic mass is 9.96. The molecule has 0 saturated carbocycles. The van der Waals surface area contributed by atoms with Crippen LogP contribution in [0.5, 0.6) is 0 Å². The van der Waals surface area contributed by atoms with Crippen molar-refractivity contribution in [3.05, 3.63) is 0 Å². The maximum atomic E-state index is 8.69. The minimum atomic E-state index is 0.371. The Morgan fingerprint density at radius 2 is 1.05 bits per heavy atom. The zero-order chi connectivity index (χ0) is 14.2. The van der Waals surface area contributed by atoms with Crippen LogP contribution < -0.4 is 0 Å². The van der Waals surface area contributed by atoms with Gasteiger partial charge in [0.25, 0.3) is 0 Å². The third-order valence-corrected chi connectivity index (χ3v) is 4.16. The first-order valence-corrected chi connectivity index (χ1v) is 8.92. The lowest BCUT2D eigenvalue weighted by molar-refractivity contribution is 0.282. The first kappa shape index (κ1) is 19.0. The minimum Gasteiger partial charge on any atom is -0.396 e. The van der Waals surface area contributed by atoms with Gasteiger partial charge in [0.05, 0.1) is 0 Å². The van der Waals surface area contributed by atoms with E-state index in [1.807, 2.05) is 0 Å². The lowest BCUT2D eigenvalue weighted by Gasteiger charge is -2.10. The quantitative estimate of drug-likeness (QED) is 0.357. The Kier molecular flexibility index (Phi) is 16.0. The third-order valence-electron chi connectivity index (χ3n) is 4.16. The van der Waals surface area contributed by atoms with Crippen molar-refractivity contribution >= 4 is 0 Å². The van der Waals surface area contributed by atoms with Gasteiger partial charge in [0.15, 0.2) is 0 Å². The summed E-state index contributed by atoms with van der Waals surface area (Å²) in [6, 6.07) is 0. The molecular weight excluding hydrogens is 232 g/mol. The van der Waals surface area contributed by atoms with E-state index < -0.39 is 0 Å². The molecule has 0 saturated heterocycles. The molecule has 1 heteroatoms. The monoisotopic (exact) mass is 270 g/mol. The summed E-state index contributed by atoms with van der Waals surface area (Å²) in [6.45, 7) is 5.09. The van der Waals surface area contributed by atoms with Crippen LogP contribution in [0, 0.1) is 5.92 Å². The predicted octanol–water partition coefficient (Wildman–Crippen LogP) is 6.10. The van der Waals surface area contributed by atoms with Gasteiger partial charge in [0, 0.05) is 6.61 Å². The molecule has 0 amide bonds. The zero-order valence-corrected chi connectivity index (χ0v) is 13.6. The summed E-state index contributed by atoms with van der Waals surface area (Å²) in [4.78, 5) is 0. The average molecular weight is 271 g/mol. The maximum absolute atomic E-state index is 8.69. The SMILES string of the molecule is CCCCCCC[C@H](C)CCCCCCCCCO. The number of hydrogen-bond acceptors (Lipinski definition) is 1. The van der Waals surface area contributed by atoms with Gasteiger partial charge in [-0.05, 0) is 12.3 Å². The Bertz CT molecular complexity index is 156. The van der Waals surface area contributed by atoms with Crippen LogP contribution in [0.15, 0.2) is 0 Å². The van der Waals surface area contributed by atoms with Crippen LogP contribution in [0.4, 0.5) is 0 Å². The van der Waals surface area contributed by atoms with Crippen LogP contribution in [0.3, 0.4) is 0 Å². The molecule has 0 unspecified atom stereocenters. The molecule has 1 N–H and O–H groups in total. The molecule has 0 aliphatic rings. The van der Waals surface area contributed by atoms with Crippen molar-refractivity contribution in [2.45, 2.75) is 104 Å². The number of hydrogen-bond donors (Lipinski definition) is 1. The molecule has 0 aromatic rings. The summed E-state index contributed by atoms with van der Waals surface area (Å²) in [5.74, 6) is 0.941. The van der Waals surface area contributed by atoms with Crippen LogP contribution in [-0.2, 0) is 0 Å². The Hall–Kier alpha value is -0.0400. The Morgan fingerprint density at radius 1 is 0.632 bits per heavy atom. The van der Waals surface area contributed by atoms with Gasteiger partial charge in [-0.1, -0.05) is 97.3 Å². The smallest absolute Gasteiger partial charge is 0.0431 e. The summed E-state index contributed by atoms with van der Waals surface area (Å²) < 4.78 is 0. The number of aliphatic hydroxyl groups is 1. The van der Waals surface area contributed by atoms with E-state index in [0.29, 0.717) is 6.61 Å². The Morgan fingerprint density at radius 3 is 1.53 bits per heavy atom. The van der Waals surface area contributed by atoms with E-state index in [1.165, 1.54) is 83.5 Å². The average Bonchev–Trinajstić information content (AvgIpc) is 2.41. The van der Waals surface area contributed by atoms with Gasteiger partial charge in [0.1, 0.15) is 0 Å². The highest BCUT2D eigenvalue weighted by molar-refractivity contribution is 4.55.